The maximum atomic E-state index is 12.5. The Hall–Kier alpha value is -2.80. The van der Waals surface area contributed by atoms with E-state index < -0.39 is 5.69 Å². The number of rotatable bonds is 7. The summed E-state index contributed by atoms with van der Waals surface area (Å²) in [7, 11) is 1.64. The molecule has 0 saturated carbocycles. The summed E-state index contributed by atoms with van der Waals surface area (Å²) in [5.41, 5.74) is 1.31. The lowest BCUT2D eigenvalue weighted by Gasteiger charge is -2.08. The Kier molecular flexibility index (Phi) is 5.58. The largest absolute Gasteiger partial charge is 0.329 e. The van der Waals surface area contributed by atoms with Gasteiger partial charge in [0.2, 0.25) is 0 Å². The Labute approximate surface area is 172 Å². The number of unbranched alkanes of at least 4 members (excludes halogenated alkanes) is 2. The first-order valence-electron chi connectivity index (χ1n) is 9.88. The zero-order valence-electron chi connectivity index (χ0n) is 16.6. The number of imidazole rings is 1. The maximum absolute atomic E-state index is 12.5. The van der Waals surface area contributed by atoms with E-state index in [0.29, 0.717) is 17.7 Å². The van der Waals surface area contributed by atoms with E-state index in [4.69, 9.17) is 0 Å². The number of nitrogens with one attached hydrogen (secondary N) is 1. The van der Waals surface area contributed by atoms with Gasteiger partial charge in [0.05, 0.1) is 0 Å². The first-order chi connectivity index (χ1) is 14.1. The molecule has 150 valence electrons. The Morgan fingerprint density at radius 1 is 1.07 bits per heavy atom. The zero-order valence-corrected chi connectivity index (χ0v) is 17.5. The van der Waals surface area contributed by atoms with Crippen LogP contribution in [0.25, 0.3) is 21.9 Å². The van der Waals surface area contributed by atoms with Crippen molar-refractivity contribution >= 4 is 33.7 Å². The fourth-order valence-electron chi connectivity index (χ4n) is 3.53. The Balaban J connectivity index is 1.70. The molecule has 2 heterocycles. The SMILES string of the molecule is CCCCCn1c(SCc2ccc3ccccc3c2)nc2c1c(=O)[nH]c(=O)n2C. The van der Waals surface area contributed by atoms with Crippen molar-refractivity contribution < 1.29 is 0 Å². The van der Waals surface area contributed by atoms with E-state index in [0.717, 1.165) is 30.2 Å². The highest BCUT2D eigenvalue weighted by Gasteiger charge is 2.17. The average molecular weight is 409 g/mol. The minimum Gasteiger partial charge on any atom is -0.313 e. The molecule has 2 aromatic heterocycles. The molecule has 0 aliphatic carbocycles. The van der Waals surface area contributed by atoms with Crippen LogP contribution < -0.4 is 11.2 Å². The van der Waals surface area contributed by atoms with E-state index in [-0.39, 0.29) is 5.56 Å². The zero-order chi connectivity index (χ0) is 20.4. The van der Waals surface area contributed by atoms with E-state index in [9.17, 15) is 9.59 Å². The molecule has 29 heavy (non-hydrogen) atoms. The summed E-state index contributed by atoms with van der Waals surface area (Å²) in [6, 6.07) is 14.7. The van der Waals surface area contributed by atoms with Gasteiger partial charge in [0.25, 0.3) is 5.56 Å². The first kappa shape index (κ1) is 19.5. The lowest BCUT2D eigenvalue weighted by Crippen LogP contribution is -2.29. The molecule has 0 atom stereocenters. The van der Waals surface area contributed by atoms with Gasteiger partial charge < -0.3 is 4.57 Å². The number of aryl methyl sites for hydroxylation is 2. The molecule has 0 bridgehead atoms. The van der Waals surface area contributed by atoms with Crippen LogP contribution in [0.3, 0.4) is 0 Å². The molecule has 0 amide bonds. The molecule has 6 nitrogen and oxygen atoms in total. The van der Waals surface area contributed by atoms with E-state index in [1.165, 1.54) is 20.9 Å². The number of benzene rings is 2. The lowest BCUT2D eigenvalue weighted by atomic mass is 10.1. The third-order valence-corrected chi connectivity index (χ3v) is 6.19. The lowest BCUT2D eigenvalue weighted by molar-refractivity contribution is 0.577. The predicted molar refractivity (Wildman–Crippen MR) is 119 cm³/mol. The second-order valence-electron chi connectivity index (χ2n) is 7.21. The number of aromatic amines is 1. The van der Waals surface area contributed by atoms with Crippen molar-refractivity contribution in [2.75, 3.05) is 0 Å². The molecule has 2 aromatic carbocycles. The number of aromatic nitrogens is 4. The molecule has 0 fully saturated rings. The molecule has 4 aromatic rings. The van der Waals surface area contributed by atoms with Gasteiger partial charge in [-0.25, -0.2) is 9.78 Å². The highest BCUT2D eigenvalue weighted by molar-refractivity contribution is 7.98. The van der Waals surface area contributed by atoms with Crippen LogP contribution in [0.2, 0.25) is 0 Å². The summed E-state index contributed by atoms with van der Waals surface area (Å²) in [4.78, 5) is 31.6. The number of H-pyrrole nitrogens is 1. The Morgan fingerprint density at radius 2 is 1.86 bits per heavy atom. The van der Waals surface area contributed by atoms with Crippen LogP contribution in [0.5, 0.6) is 0 Å². The Morgan fingerprint density at radius 3 is 2.66 bits per heavy atom. The Bertz CT molecular complexity index is 1290. The third kappa shape index (κ3) is 3.87. The van der Waals surface area contributed by atoms with Gasteiger partial charge >= 0.3 is 5.69 Å². The van der Waals surface area contributed by atoms with Crippen LogP contribution in [0.4, 0.5) is 0 Å². The van der Waals surface area contributed by atoms with Crippen molar-refractivity contribution in [3.05, 3.63) is 68.9 Å². The van der Waals surface area contributed by atoms with Gasteiger partial charge in [0.1, 0.15) is 0 Å². The molecular weight excluding hydrogens is 384 g/mol. The van der Waals surface area contributed by atoms with Crippen LogP contribution in [0.15, 0.2) is 57.2 Å². The maximum Gasteiger partial charge on any atom is 0.329 e. The van der Waals surface area contributed by atoms with Gasteiger partial charge in [-0.05, 0) is 22.8 Å². The highest BCUT2D eigenvalue weighted by atomic mass is 32.2. The van der Waals surface area contributed by atoms with Crippen molar-refractivity contribution in [3.63, 3.8) is 0 Å². The fraction of sp³-hybridized carbons (Fsp3) is 0.318. The summed E-state index contributed by atoms with van der Waals surface area (Å²) in [6.45, 7) is 2.86. The highest BCUT2D eigenvalue weighted by Crippen LogP contribution is 2.27. The molecule has 0 aliphatic rings. The minimum absolute atomic E-state index is 0.371. The quantitative estimate of drug-likeness (QED) is 0.370. The van der Waals surface area contributed by atoms with Crippen LogP contribution >= 0.6 is 11.8 Å². The van der Waals surface area contributed by atoms with Crippen molar-refractivity contribution in [2.45, 2.75) is 43.6 Å². The second-order valence-corrected chi connectivity index (χ2v) is 8.16. The van der Waals surface area contributed by atoms with Crippen molar-refractivity contribution in [1.29, 1.82) is 0 Å². The summed E-state index contributed by atoms with van der Waals surface area (Å²) in [5.74, 6) is 0.744. The van der Waals surface area contributed by atoms with Gasteiger partial charge in [-0.2, -0.15) is 0 Å². The van der Waals surface area contributed by atoms with E-state index >= 15 is 0 Å². The van der Waals surface area contributed by atoms with Crippen molar-refractivity contribution in [2.24, 2.45) is 7.05 Å². The molecule has 0 saturated heterocycles. The number of fused-ring (bicyclic) bond motifs is 2. The van der Waals surface area contributed by atoms with Gasteiger partial charge in [-0.3, -0.25) is 14.3 Å². The molecule has 0 unspecified atom stereocenters. The number of nitrogens with zero attached hydrogens (tertiary/aromatic N) is 3. The third-order valence-electron chi connectivity index (χ3n) is 5.14. The van der Waals surface area contributed by atoms with Crippen molar-refractivity contribution in [1.82, 2.24) is 19.1 Å². The molecule has 0 radical (unpaired) electrons. The smallest absolute Gasteiger partial charge is 0.313 e. The van der Waals surface area contributed by atoms with Gasteiger partial charge in [0, 0.05) is 19.3 Å². The molecular formula is C22H24N4O2S. The molecule has 7 heteroatoms. The second kappa shape index (κ2) is 8.29. The summed E-state index contributed by atoms with van der Waals surface area (Å²) in [6.07, 6.45) is 3.15. The average Bonchev–Trinajstić information content (AvgIpc) is 3.10. The summed E-state index contributed by atoms with van der Waals surface area (Å²) >= 11 is 1.60. The minimum atomic E-state index is -0.438. The molecule has 1 N–H and O–H groups in total. The van der Waals surface area contributed by atoms with Crippen LogP contribution in [0, 0.1) is 0 Å². The number of hydrogen-bond donors (Lipinski definition) is 1. The normalized spacial score (nSPS) is 11.5. The van der Waals surface area contributed by atoms with Gasteiger partial charge in [-0.15, -0.1) is 0 Å². The van der Waals surface area contributed by atoms with E-state index in [1.54, 1.807) is 18.8 Å². The molecule has 4 rings (SSSR count). The topological polar surface area (TPSA) is 72.7 Å². The van der Waals surface area contributed by atoms with Gasteiger partial charge in [0.15, 0.2) is 16.3 Å². The number of hydrogen-bond acceptors (Lipinski definition) is 4. The van der Waals surface area contributed by atoms with Crippen LogP contribution in [0.1, 0.15) is 31.7 Å². The van der Waals surface area contributed by atoms with E-state index in [1.807, 2.05) is 16.7 Å². The summed E-state index contributed by atoms with van der Waals surface area (Å²) in [5, 5.41) is 3.20. The standard InChI is InChI=1S/C22H24N4O2S/c1-3-4-7-12-26-18-19(25(2)21(28)24-20(18)27)23-22(26)29-14-15-10-11-16-8-5-6-9-17(16)13-15/h5-6,8-11,13H,3-4,7,12,14H2,1-2H3,(H,24,27,28). The van der Waals surface area contributed by atoms with E-state index in [2.05, 4.69) is 47.2 Å². The molecule has 0 spiro atoms. The van der Waals surface area contributed by atoms with Crippen molar-refractivity contribution in [3.8, 4) is 0 Å². The van der Waals surface area contributed by atoms with Gasteiger partial charge in [-0.1, -0.05) is 74.0 Å². The first-order valence-corrected chi connectivity index (χ1v) is 10.9. The van der Waals surface area contributed by atoms with Crippen LogP contribution in [-0.4, -0.2) is 19.1 Å². The van der Waals surface area contributed by atoms with Crippen LogP contribution in [-0.2, 0) is 19.3 Å². The summed E-state index contributed by atoms with van der Waals surface area (Å²) < 4.78 is 3.38. The predicted octanol–water partition coefficient (Wildman–Crippen LogP) is 4.06. The monoisotopic (exact) mass is 408 g/mol. The number of thioether (sulfide) groups is 1. The molecule has 0 aliphatic heterocycles. The fourth-order valence-corrected chi connectivity index (χ4v) is 4.49.